The number of esters is 2. The second-order valence-corrected chi connectivity index (χ2v) is 5.48. The van der Waals surface area contributed by atoms with Crippen molar-refractivity contribution >= 4 is 17.7 Å². The first kappa shape index (κ1) is 20.6. The fourth-order valence-corrected chi connectivity index (χ4v) is 2.56. The average molecular weight is 352 g/mol. The third kappa shape index (κ3) is 5.03. The summed E-state index contributed by atoms with van der Waals surface area (Å²) in [5.74, 6) is -3.18. The molecule has 25 heavy (non-hydrogen) atoms. The molecule has 0 saturated heterocycles. The predicted octanol–water partition coefficient (Wildman–Crippen LogP) is 1.62. The smallest absolute Gasteiger partial charge is 0.339 e. The van der Waals surface area contributed by atoms with Gasteiger partial charge in [-0.2, -0.15) is 0 Å². The van der Waals surface area contributed by atoms with E-state index in [0.717, 1.165) is 0 Å². The van der Waals surface area contributed by atoms with Gasteiger partial charge in [0.2, 0.25) is 0 Å². The topological polar surface area (TPSA) is 99.1 Å². The number of methoxy groups -OCH3 is 1. The molecule has 2 atom stereocenters. The first-order valence-electron chi connectivity index (χ1n) is 7.99. The molecule has 0 aliphatic heterocycles. The maximum absolute atomic E-state index is 12.5. The van der Waals surface area contributed by atoms with Gasteiger partial charge in [-0.05, 0) is 38.5 Å². The lowest BCUT2D eigenvalue weighted by Crippen LogP contribution is -2.50. The lowest BCUT2D eigenvalue weighted by molar-refractivity contribution is -0.177. The number of rotatable bonds is 9. The number of ketones is 1. The molecule has 0 spiro atoms. The number of Topliss-reactive ketones (excluding diaryl/α,β-unsaturated/α-hetero) is 1. The van der Waals surface area contributed by atoms with Crippen LogP contribution in [0.1, 0.15) is 38.7 Å². The molecule has 0 bridgehead atoms. The zero-order chi connectivity index (χ0) is 19.0. The van der Waals surface area contributed by atoms with Gasteiger partial charge in [-0.1, -0.05) is 12.1 Å². The van der Waals surface area contributed by atoms with Gasteiger partial charge < -0.3 is 19.3 Å². The SMILES string of the molecule is CCOC(=O)[C@@H](c1ccc(OC)cc1)[C@](O)(CC(C)=O)C(=O)OCC. The van der Waals surface area contributed by atoms with E-state index in [0.29, 0.717) is 11.3 Å². The number of hydrogen-bond donors (Lipinski definition) is 1. The normalized spacial score (nSPS) is 14.1. The molecule has 1 N–H and O–H groups in total. The van der Waals surface area contributed by atoms with Crippen LogP contribution in [0.4, 0.5) is 0 Å². The molecule has 0 radical (unpaired) electrons. The lowest BCUT2D eigenvalue weighted by Gasteiger charge is -2.32. The van der Waals surface area contributed by atoms with Crippen molar-refractivity contribution in [3.8, 4) is 5.75 Å². The minimum absolute atomic E-state index is 0.00277. The molecular formula is C18H24O7. The van der Waals surface area contributed by atoms with Crippen LogP contribution >= 0.6 is 0 Å². The van der Waals surface area contributed by atoms with E-state index < -0.39 is 35.7 Å². The summed E-state index contributed by atoms with van der Waals surface area (Å²) in [5, 5.41) is 11.0. The summed E-state index contributed by atoms with van der Waals surface area (Å²) in [5.41, 5.74) is -2.04. The molecule has 0 aliphatic rings. The molecule has 0 unspecified atom stereocenters. The number of benzene rings is 1. The van der Waals surface area contributed by atoms with Crippen molar-refractivity contribution in [2.45, 2.75) is 38.7 Å². The Morgan fingerprint density at radius 3 is 2.08 bits per heavy atom. The molecule has 0 heterocycles. The Morgan fingerprint density at radius 2 is 1.64 bits per heavy atom. The van der Waals surface area contributed by atoms with Crippen LogP contribution in [0.15, 0.2) is 24.3 Å². The van der Waals surface area contributed by atoms with E-state index in [4.69, 9.17) is 14.2 Å². The highest BCUT2D eigenvalue weighted by Crippen LogP contribution is 2.35. The third-order valence-electron chi connectivity index (χ3n) is 3.60. The summed E-state index contributed by atoms with van der Waals surface area (Å²) in [6.45, 7) is 4.46. The fraction of sp³-hybridized carbons (Fsp3) is 0.500. The van der Waals surface area contributed by atoms with Crippen LogP contribution in [0.3, 0.4) is 0 Å². The van der Waals surface area contributed by atoms with Gasteiger partial charge in [-0.3, -0.25) is 9.59 Å². The largest absolute Gasteiger partial charge is 0.497 e. The summed E-state index contributed by atoms with van der Waals surface area (Å²) < 4.78 is 15.0. The summed E-state index contributed by atoms with van der Waals surface area (Å²) in [6.07, 6.45) is -0.568. The maximum Gasteiger partial charge on any atom is 0.339 e. The molecule has 0 fully saturated rings. The Labute approximate surface area is 146 Å². The van der Waals surface area contributed by atoms with Crippen LogP contribution < -0.4 is 4.74 Å². The van der Waals surface area contributed by atoms with Gasteiger partial charge in [-0.15, -0.1) is 0 Å². The van der Waals surface area contributed by atoms with Crippen LogP contribution in [-0.2, 0) is 23.9 Å². The van der Waals surface area contributed by atoms with Crippen molar-refractivity contribution in [2.24, 2.45) is 0 Å². The molecule has 0 amide bonds. The van der Waals surface area contributed by atoms with E-state index in [2.05, 4.69) is 0 Å². The Bertz CT molecular complexity index is 608. The molecule has 1 aromatic carbocycles. The highest BCUT2D eigenvalue weighted by Gasteiger charge is 2.51. The zero-order valence-electron chi connectivity index (χ0n) is 14.9. The van der Waals surface area contributed by atoms with Gasteiger partial charge in [0, 0.05) is 6.42 Å². The van der Waals surface area contributed by atoms with Gasteiger partial charge in [-0.25, -0.2) is 4.79 Å². The van der Waals surface area contributed by atoms with E-state index in [1.54, 1.807) is 26.0 Å². The van der Waals surface area contributed by atoms with E-state index in [-0.39, 0.29) is 13.2 Å². The molecule has 1 rings (SSSR count). The van der Waals surface area contributed by atoms with Crippen LogP contribution in [-0.4, -0.2) is 48.8 Å². The van der Waals surface area contributed by atoms with Crippen molar-refractivity contribution in [3.63, 3.8) is 0 Å². The molecule has 1 aromatic rings. The number of aliphatic hydroxyl groups is 1. The summed E-state index contributed by atoms with van der Waals surface area (Å²) in [7, 11) is 1.49. The van der Waals surface area contributed by atoms with Crippen molar-refractivity contribution in [1.82, 2.24) is 0 Å². The lowest BCUT2D eigenvalue weighted by atomic mass is 9.78. The van der Waals surface area contributed by atoms with Gasteiger partial charge in [0.05, 0.1) is 20.3 Å². The number of carbonyl (C=O) groups excluding carboxylic acids is 3. The predicted molar refractivity (Wildman–Crippen MR) is 89.2 cm³/mol. The first-order valence-corrected chi connectivity index (χ1v) is 7.99. The van der Waals surface area contributed by atoms with E-state index >= 15 is 0 Å². The van der Waals surface area contributed by atoms with Crippen molar-refractivity contribution in [1.29, 1.82) is 0 Å². The van der Waals surface area contributed by atoms with Crippen LogP contribution in [0.2, 0.25) is 0 Å². The molecule has 0 aliphatic carbocycles. The second-order valence-electron chi connectivity index (χ2n) is 5.48. The van der Waals surface area contributed by atoms with Gasteiger partial charge >= 0.3 is 11.9 Å². The number of carbonyl (C=O) groups is 3. The van der Waals surface area contributed by atoms with Crippen LogP contribution in [0.25, 0.3) is 0 Å². The summed E-state index contributed by atoms with van der Waals surface area (Å²) in [6, 6.07) is 6.23. The van der Waals surface area contributed by atoms with E-state index in [1.807, 2.05) is 0 Å². The first-order chi connectivity index (χ1) is 11.8. The highest BCUT2D eigenvalue weighted by molar-refractivity contribution is 5.95. The summed E-state index contributed by atoms with van der Waals surface area (Å²) >= 11 is 0. The number of ether oxygens (including phenoxy) is 3. The van der Waals surface area contributed by atoms with Gasteiger partial charge in [0.15, 0.2) is 5.60 Å². The minimum atomic E-state index is -2.36. The molecule has 0 saturated carbocycles. The quantitative estimate of drug-likeness (QED) is 0.674. The standard InChI is InChI=1S/C18H24O7/c1-5-24-16(20)15(13-7-9-14(23-4)10-8-13)18(22,11-12(3)19)17(21)25-6-2/h7-10,15,22H,5-6,11H2,1-4H3/t15-,18-/m1/s1. The Balaban J connectivity index is 3.44. The third-order valence-corrected chi connectivity index (χ3v) is 3.60. The van der Waals surface area contributed by atoms with Crippen LogP contribution in [0, 0.1) is 0 Å². The Kier molecular flexibility index (Phi) is 7.57. The fourth-order valence-electron chi connectivity index (χ4n) is 2.56. The average Bonchev–Trinajstić information content (AvgIpc) is 2.55. The second kappa shape index (κ2) is 9.17. The molecule has 138 valence electrons. The minimum Gasteiger partial charge on any atom is -0.497 e. The highest BCUT2D eigenvalue weighted by atomic mass is 16.6. The molecular weight excluding hydrogens is 328 g/mol. The van der Waals surface area contributed by atoms with Crippen molar-refractivity contribution in [2.75, 3.05) is 20.3 Å². The van der Waals surface area contributed by atoms with Gasteiger partial charge in [0.1, 0.15) is 17.5 Å². The molecule has 7 nitrogen and oxygen atoms in total. The number of hydrogen-bond acceptors (Lipinski definition) is 7. The van der Waals surface area contributed by atoms with Crippen molar-refractivity contribution < 1.29 is 33.7 Å². The van der Waals surface area contributed by atoms with E-state index in [1.165, 1.54) is 26.2 Å². The molecule has 7 heteroatoms. The Morgan fingerprint density at radius 1 is 1.08 bits per heavy atom. The van der Waals surface area contributed by atoms with Gasteiger partial charge in [0.25, 0.3) is 0 Å². The van der Waals surface area contributed by atoms with Crippen molar-refractivity contribution in [3.05, 3.63) is 29.8 Å². The van der Waals surface area contributed by atoms with Crippen LogP contribution in [0.5, 0.6) is 5.75 Å². The van der Waals surface area contributed by atoms with E-state index in [9.17, 15) is 19.5 Å². The molecule has 0 aromatic heterocycles. The monoisotopic (exact) mass is 352 g/mol. The summed E-state index contributed by atoms with van der Waals surface area (Å²) in [4.78, 5) is 36.5. The maximum atomic E-state index is 12.5. The Hall–Kier alpha value is -2.41. The zero-order valence-corrected chi connectivity index (χ0v) is 14.9.